The smallest absolute Gasteiger partial charge is 0.186 e. The molecule has 0 bridgehead atoms. The summed E-state index contributed by atoms with van der Waals surface area (Å²) in [4.78, 5) is 2.06. The largest absolute Gasteiger partial charge is 0.378 e. The zero-order valence-electron chi connectivity index (χ0n) is 12.0. The van der Waals surface area contributed by atoms with E-state index in [2.05, 4.69) is 46.7 Å². The lowest BCUT2D eigenvalue weighted by molar-refractivity contribution is 0.621. The lowest BCUT2D eigenvalue weighted by atomic mass is 10.2. The van der Waals surface area contributed by atoms with Gasteiger partial charge < -0.3 is 10.2 Å². The van der Waals surface area contributed by atoms with Gasteiger partial charge in [-0.2, -0.15) is 5.10 Å². The van der Waals surface area contributed by atoms with Crippen LogP contribution in [0, 0.1) is 5.92 Å². The van der Waals surface area contributed by atoms with E-state index in [-0.39, 0.29) is 0 Å². The van der Waals surface area contributed by atoms with E-state index in [1.54, 1.807) is 6.21 Å². The van der Waals surface area contributed by atoms with Gasteiger partial charge in [0.25, 0.3) is 0 Å². The SMILES string of the molecule is CC(C)CNC(=S)N/N=C\c1ccc(N(C)C)cc1. The van der Waals surface area contributed by atoms with Crippen molar-refractivity contribution in [2.45, 2.75) is 13.8 Å². The number of benzene rings is 1. The molecule has 0 aromatic heterocycles. The second-order valence-corrected chi connectivity index (χ2v) is 5.37. The van der Waals surface area contributed by atoms with Gasteiger partial charge in [-0.3, -0.25) is 5.43 Å². The standard InChI is InChI=1S/C14H22N4S/c1-11(2)9-15-14(19)17-16-10-12-5-7-13(8-6-12)18(3)4/h5-8,10-11H,9H2,1-4H3,(H2,15,17,19)/b16-10-. The van der Waals surface area contributed by atoms with Crippen molar-refractivity contribution in [1.82, 2.24) is 10.7 Å². The third-order valence-corrected chi connectivity index (χ3v) is 2.70. The summed E-state index contributed by atoms with van der Waals surface area (Å²) in [6, 6.07) is 8.14. The first-order valence-electron chi connectivity index (χ1n) is 6.33. The van der Waals surface area contributed by atoms with E-state index in [0.29, 0.717) is 11.0 Å². The molecule has 0 unspecified atom stereocenters. The van der Waals surface area contributed by atoms with Gasteiger partial charge in [0, 0.05) is 26.3 Å². The molecule has 1 aromatic carbocycles. The van der Waals surface area contributed by atoms with E-state index in [9.17, 15) is 0 Å². The molecule has 0 amide bonds. The molecule has 5 heteroatoms. The Bertz CT molecular complexity index is 424. The van der Waals surface area contributed by atoms with E-state index in [0.717, 1.165) is 12.1 Å². The number of anilines is 1. The fourth-order valence-corrected chi connectivity index (χ4v) is 1.50. The van der Waals surface area contributed by atoms with Gasteiger partial charge in [-0.15, -0.1) is 0 Å². The van der Waals surface area contributed by atoms with Crippen LogP contribution in [0.5, 0.6) is 0 Å². The minimum absolute atomic E-state index is 0.551. The summed E-state index contributed by atoms with van der Waals surface area (Å²) >= 11 is 5.10. The van der Waals surface area contributed by atoms with E-state index < -0.39 is 0 Å². The van der Waals surface area contributed by atoms with Crippen LogP contribution in [-0.2, 0) is 0 Å². The van der Waals surface area contributed by atoms with Crippen LogP contribution in [0.3, 0.4) is 0 Å². The minimum Gasteiger partial charge on any atom is -0.378 e. The number of hydrazone groups is 1. The first-order valence-corrected chi connectivity index (χ1v) is 6.74. The number of hydrogen-bond acceptors (Lipinski definition) is 3. The Balaban J connectivity index is 2.42. The molecule has 0 heterocycles. The van der Waals surface area contributed by atoms with Crippen LogP contribution in [0.2, 0.25) is 0 Å². The Hall–Kier alpha value is -1.62. The van der Waals surface area contributed by atoms with Crippen LogP contribution in [-0.4, -0.2) is 32.0 Å². The van der Waals surface area contributed by atoms with Crippen LogP contribution < -0.4 is 15.6 Å². The number of thiocarbonyl (C=S) groups is 1. The van der Waals surface area contributed by atoms with E-state index in [1.165, 1.54) is 5.69 Å². The Kier molecular flexibility index (Phi) is 6.29. The van der Waals surface area contributed by atoms with Gasteiger partial charge in [0.1, 0.15) is 0 Å². The highest BCUT2D eigenvalue weighted by molar-refractivity contribution is 7.80. The Morgan fingerprint density at radius 3 is 2.47 bits per heavy atom. The zero-order valence-corrected chi connectivity index (χ0v) is 12.8. The summed E-state index contributed by atoms with van der Waals surface area (Å²) in [5, 5.41) is 7.74. The van der Waals surface area contributed by atoms with Crippen molar-refractivity contribution in [3.63, 3.8) is 0 Å². The molecule has 1 rings (SSSR count). The summed E-state index contributed by atoms with van der Waals surface area (Å²) in [5.74, 6) is 0.558. The van der Waals surface area contributed by atoms with Crippen molar-refractivity contribution >= 4 is 29.2 Å². The first-order chi connectivity index (χ1) is 8.99. The van der Waals surface area contributed by atoms with Crippen LogP contribution in [0.4, 0.5) is 5.69 Å². The predicted octanol–water partition coefficient (Wildman–Crippen LogP) is 2.21. The predicted molar refractivity (Wildman–Crippen MR) is 86.9 cm³/mol. The highest BCUT2D eigenvalue weighted by atomic mass is 32.1. The van der Waals surface area contributed by atoms with Gasteiger partial charge in [-0.05, 0) is 35.8 Å². The molecule has 0 radical (unpaired) electrons. The molecule has 4 nitrogen and oxygen atoms in total. The molecule has 104 valence electrons. The van der Waals surface area contributed by atoms with Gasteiger partial charge in [-0.25, -0.2) is 0 Å². The average molecular weight is 278 g/mol. The quantitative estimate of drug-likeness (QED) is 0.492. The third-order valence-electron chi connectivity index (χ3n) is 2.46. The molecule has 0 aliphatic carbocycles. The number of nitrogens with one attached hydrogen (secondary N) is 2. The Labute approximate surface area is 120 Å². The van der Waals surface area contributed by atoms with E-state index in [1.807, 2.05) is 26.2 Å². The lowest BCUT2D eigenvalue weighted by Gasteiger charge is -2.11. The normalized spacial score (nSPS) is 10.8. The van der Waals surface area contributed by atoms with E-state index in [4.69, 9.17) is 12.2 Å². The number of rotatable bonds is 5. The second-order valence-electron chi connectivity index (χ2n) is 4.96. The molecular formula is C14H22N4S. The minimum atomic E-state index is 0.551. The highest BCUT2D eigenvalue weighted by Crippen LogP contribution is 2.10. The summed E-state index contributed by atoms with van der Waals surface area (Å²) < 4.78 is 0. The number of nitrogens with zero attached hydrogens (tertiary/aromatic N) is 2. The molecule has 0 atom stereocenters. The van der Waals surface area contributed by atoms with Crippen LogP contribution in [0.1, 0.15) is 19.4 Å². The van der Waals surface area contributed by atoms with Gasteiger partial charge >= 0.3 is 0 Å². The second kappa shape index (κ2) is 7.74. The van der Waals surface area contributed by atoms with E-state index >= 15 is 0 Å². The monoisotopic (exact) mass is 278 g/mol. The summed E-state index contributed by atoms with van der Waals surface area (Å²) in [7, 11) is 4.03. The molecule has 0 saturated carbocycles. The maximum absolute atomic E-state index is 5.10. The van der Waals surface area contributed by atoms with Crippen molar-refractivity contribution in [2.24, 2.45) is 11.0 Å². The third kappa shape index (κ3) is 6.20. The molecule has 0 aliphatic heterocycles. The van der Waals surface area contributed by atoms with Crippen molar-refractivity contribution < 1.29 is 0 Å². The summed E-state index contributed by atoms with van der Waals surface area (Å²) in [6.07, 6.45) is 1.75. The van der Waals surface area contributed by atoms with Crippen LogP contribution in [0.15, 0.2) is 29.4 Å². The summed E-state index contributed by atoms with van der Waals surface area (Å²) in [6.45, 7) is 5.11. The van der Waals surface area contributed by atoms with Crippen molar-refractivity contribution in [3.8, 4) is 0 Å². The molecule has 0 aliphatic rings. The molecule has 0 spiro atoms. The van der Waals surface area contributed by atoms with Crippen LogP contribution in [0.25, 0.3) is 0 Å². The highest BCUT2D eigenvalue weighted by Gasteiger charge is 1.96. The topological polar surface area (TPSA) is 39.7 Å². The molecule has 19 heavy (non-hydrogen) atoms. The molecule has 2 N–H and O–H groups in total. The fourth-order valence-electron chi connectivity index (χ4n) is 1.36. The summed E-state index contributed by atoms with van der Waals surface area (Å²) in [5.41, 5.74) is 5.00. The van der Waals surface area contributed by atoms with Crippen LogP contribution >= 0.6 is 12.2 Å². The van der Waals surface area contributed by atoms with Crippen molar-refractivity contribution in [3.05, 3.63) is 29.8 Å². The molecule has 0 fully saturated rings. The first kappa shape index (κ1) is 15.4. The number of hydrogen-bond donors (Lipinski definition) is 2. The van der Waals surface area contributed by atoms with Gasteiger partial charge in [0.2, 0.25) is 0 Å². The zero-order chi connectivity index (χ0) is 14.3. The molecular weight excluding hydrogens is 256 g/mol. The van der Waals surface area contributed by atoms with Gasteiger partial charge in [0.05, 0.1) is 6.21 Å². The molecule has 1 aromatic rings. The van der Waals surface area contributed by atoms with Gasteiger partial charge in [0.15, 0.2) is 5.11 Å². The van der Waals surface area contributed by atoms with Crippen molar-refractivity contribution in [1.29, 1.82) is 0 Å². The fraction of sp³-hybridized carbons (Fsp3) is 0.429. The molecule has 0 saturated heterocycles. The Morgan fingerprint density at radius 1 is 1.32 bits per heavy atom. The maximum Gasteiger partial charge on any atom is 0.186 e. The maximum atomic E-state index is 5.10. The van der Waals surface area contributed by atoms with Crippen molar-refractivity contribution in [2.75, 3.05) is 25.5 Å². The Morgan fingerprint density at radius 2 is 1.95 bits per heavy atom. The average Bonchev–Trinajstić information content (AvgIpc) is 2.37. The lowest BCUT2D eigenvalue weighted by Crippen LogP contribution is -2.34. The van der Waals surface area contributed by atoms with Gasteiger partial charge in [-0.1, -0.05) is 26.0 Å².